The maximum absolute atomic E-state index is 11.7. The highest BCUT2D eigenvalue weighted by Crippen LogP contribution is 2.20. The van der Waals surface area contributed by atoms with Crippen LogP contribution in [0.2, 0.25) is 0 Å². The molecule has 0 spiro atoms. The number of rotatable bonds is 8. The molecule has 0 saturated carbocycles. The minimum Gasteiger partial charge on any atom is -0.380 e. The molecule has 5 heteroatoms. The number of methoxy groups -OCH3 is 1. The molecule has 1 aliphatic heterocycles. The van der Waals surface area contributed by atoms with Crippen LogP contribution in [-0.4, -0.2) is 55.7 Å². The number of piperidine rings is 1. The Labute approximate surface area is 123 Å². The van der Waals surface area contributed by atoms with Crippen LogP contribution >= 0.6 is 0 Å². The molecule has 5 nitrogen and oxygen atoms in total. The Kier molecular flexibility index (Phi) is 6.92. The molecule has 1 amide bonds. The first-order valence-electron chi connectivity index (χ1n) is 7.73. The number of nitrogens with zero attached hydrogens (tertiary/aromatic N) is 1. The fourth-order valence-electron chi connectivity index (χ4n) is 2.69. The minimum absolute atomic E-state index is 0.264. The lowest BCUT2D eigenvalue weighted by molar-refractivity contribution is -0.124. The average Bonchev–Trinajstić information content (AvgIpc) is 2.44. The summed E-state index contributed by atoms with van der Waals surface area (Å²) in [4.78, 5) is 14.1. The second-order valence-electron chi connectivity index (χ2n) is 6.21. The molecule has 3 N–H and O–H groups in total. The topological polar surface area (TPSA) is 67.6 Å². The molecule has 3 unspecified atom stereocenters. The quantitative estimate of drug-likeness (QED) is 0.697. The van der Waals surface area contributed by atoms with E-state index in [9.17, 15) is 4.79 Å². The van der Waals surface area contributed by atoms with E-state index in [1.165, 1.54) is 0 Å². The third-order valence-electron chi connectivity index (χ3n) is 4.51. The van der Waals surface area contributed by atoms with Gasteiger partial charge in [0.2, 0.25) is 5.91 Å². The lowest BCUT2D eigenvalue weighted by atomic mass is 9.93. The lowest BCUT2D eigenvalue weighted by Gasteiger charge is -2.38. The molecule has 20 heavy (non-hydrogen) atoms. The van der Waals surface area contributed by atoms with E-state index >= 15 is 0 Å². The van der Waals surface area contributed by atoms with E-state index in [1.54, 1.807) is 7.11 Å². The number of hydrogen-bond donors (Lipinski definition) is 2. The van der Waals surface area contributed by atoms with Crippen LogP contribution in [0.5, 0.6) is 0 Å². The first-order valence-corrected chi connectivity index (χ1v) is 7.73. The van der Waals surface area contributed by atoms with Crippen molar-refractivity contribution in [3.05, 3.63) is 0 Å². The van der Waals surface area contributed by atoms with Crippen LogP contribution in [0.15, 0.2) is 0 Å². The zero-order valence-electron chi connectivity index (χ0n) is 13.4. The maximum Gasteiger partial charge on any atom is 0.237 e. The molecular weight excluding hydrogens is 254 g/mol. The Morgan fingerprint density at radius 2 is 2.25 bits per heavy atom. The van der Waals surface area contributed by atoms with Crippen molar-refractivity contribution in [2.75, 3.05) is 33.3 Å². The van der Waals surface area contributed by atoms with Crippen LogP contribution in [0, 0.1) is 5.92 Å². The van der Waals surface area contributed by atoms with E-state index in [1.807, 2.05) is 6.92 Å². The van der Waals surface area contributed by atoms with Crippen molar-refractivity contribution in [1.82, 2.24) is 10.2 Å². The van der Waals surface area contributed by atoms with Gasteiger partial charge in [0.25, 0.3) is 0 Å². The molecule has 0 aliphatic carbocycles. The van der Waals surface area contributed by atoms with Gasteiger partial charge in [0.05, 0.1) is 11.6 Å². The SMILES string of the molecule is CCCNC(C)(CCN1CCC(C)C(OC)C1)C(N)=O. The molecular formula is C15H31N3O2. The van der Waals surface area contributed by atoms with Crippen molar-refractivity contribution in [3.8, 4) is 0 Å². The minimum atomic E-state index is -0.609. The number of hydrogen-bond acceptors (Lipinski definition) is 4. The maximum atomic E-state index is 11.7. The van der Waals surface area contributed by atoms with Gasteiger partial charge in [-0.05, 0) is 45.2 Å². The predicted octanol–water partition coefficient (Wildman–Crippen LogP) is 0.977. The van der Waals surface area contributed by atoms with Gasteiger partial charge in [-0.1, -0.05) is 13.8 Å². The number of amides is 1. The van der Waals surface area contributed by atoms with Crippen LogP contribution in [0.4, 0.5) is 0 Å². The van der Waals surface area contributed by atoms with Crippen molar-refractivity contribution >= 4 is 5.91 Å². The molecule has 1 aliphatic rings. The van der Waals surface area contributed by atoms with Crippen LogP contribution in [-0.2, 0) is 9.53 Å². The fourth-order valence-corrected chi connectivity index (χ4v) is 2.69. The predicted molar refractivity (Wildman–Crippen MR) is 81.5 cm³/mol. The highest BCUT2D eigenvalue weighted by Gasteiger charge is 2.32. The van der Waals surface area contributed by atoms with Crippen molar-refractivity contribution < 1.29 is 9.53 Å². The summed E-state index contributed by atoms with van der Waals surface area (Å²) in [5.74, 6) is 0.344. The second-order valence-corrected chi connectivity index (χ2v) is 6.21. The highest BCUT2D eigenvalue weighted by molar-refractivity contribution is 5.84. The Morgan fingerprint density at radius 3 is 2.80 bits per heavy atom. The van der Waals surface area contributed by atoms with Gasteiger partial charge in [-0.2, -0.15) is 0 Å². The monoisotopic (exact) mass is 285 g/mol. The largest absolute Gasteiger partial charge is 0.380 e. The van der Waals surface area contributed by atoms with E-state index in [4.69, 9.17) is 10.5 Å². The smallest absolute Gasteiger partial charge is 0.237 e. The fraction of sp³-hybridized carbons (Fsp3) is 0.933. The average molecular weight is 285 g/mol. The van der Waals surface area contributed by atoms with Gasteiger partial charge in [0.15, 0.2) is 0 Å². The Morgan fingerprint density at radius 1 is 1.55 bits per heavy atom. The Hall–Kier alpha value is -0.650. The summed E-state index contributed by atoms with van der Waals surface area (Å²) in [5.41, 5.74) is 4.95. The molecule has 0 radical (unpaired) electrons. The Balaban J connectivity index is 2.49. The molecule has 118 valence electrons. The number of primary amides is 1. The summed E-state index contributed by atoms with van der Waals surface area (Å²) < 4.78 is 5.53. The summed E-state index contributed by atoms with van der Waals surface area (Å²) >= 11 is 0. The van der Waals surface area contributed by atoms with E-state index in [-0.39, 0.29) is 5.91 Å². The van der Waals surface area contributed by atoms with E-state index in [2.05, 4.69) is 24.1 Å². The number of nitrogens with one attached hydrogen (secondary N) is 1. The molecule has 1 heterocycles. The summed E-state index contributed by atoms with van der Waals surface area (Å²) in [6, 6.07) is 0. The molecule has 0 aromatic rings. The van der Waals surface area contributed by atoms with Gasteiger partial charge in [-0.15, -0.1) is 0 Å². The van der Waals surface area contributed by atoms with Gasteiger partial charge in [-0.25, -0.2) is 0 Å². The summed E-state index contributed by atoms with van der Waals surface area (Å²) in [5, 5.41) is 3.29. The molecule has 3 atom stereocenters. The van der Waals surface area contributed by atoms with Gasteiger partial charge < -0.3 is 20.7 Å². The van der Waals surface area contributed by atoms with Crippen molar-refractivity contribution in [1.29, 1.82) is 0 Å². The van der Waals surface area contributed by atoms with Gasteiger partial charge in [-0.3, -0.25) is 4.79 Å². The zero-order valence-corrected chi connectivity index (χ0v) is 13.4. The molecule has 0 aromatic carbocycles. The normalized spacial score (nSPS) is 27.2. The molecule has 1 fully saturated rings. The third kappa shape index (κ3) is 4.72. The Bertz CT molecular complexity index is 311. The van der Waals surface area contributed by atoms with Gasteiger partial charge >= 0.3 is 0 Å². The molecule has 0 aromatic heterocycles. The van der Waals surface area contributed by atoms with Crippen LogP contribution in [0.1, 0.15) is 40.0 Å². The first-order chi connectivity index (χ1) is 9.42. The van der Waals surface area contributed by atoms with Crippen LogP contribution < -0.4 is 11.1 Å². The van der Waals surface area contributed by atoms with Crippen molar-refractivity contribution in [2.24, 2.45) is 11.7 Å². The summed E-state index contributed by atoms with van der Waals surface area (Å²) in [7, 11) is 1.78. The van der Waals surface area contributed by atoms with Gasteiger partial charge in [0, 0.05) is 20.2 Å². The lowest BCUT2D eigenvalue weighted by Crippen LogP contribution is -2.55. The third-order valence-corrected chi connectivity index (χ3v) is 4.51. The van der Waals surface area contributed by atoms with Crippen molar-refractivity contribution in [3.63, 3.8) is 0 Å². The first kappa shape index (κ1) is 17.4. The zero-order chi connectivity index (χ0) is 15.2. The standard InChI is InChI=1S/C15H31N3O2/c1-5-8-17-15(3,14(16)19)7-10-18-9-6-12(2)13(11-18)20-4/h12-13,17H,5-11H2,1-4H3,(H2,16,19). The number of nitrogens with two attached hydrogens (primary N) is 1. The van der Waals surface area contributed by atoms with Gasteiger partial charge in [0.1, 0.15) is 0 Å². The summed E-state index contributed by atoms with van der Waals surface area (Å²) in [6.45, 7) is 9.95. The van der Waals surface area contributed by atoms with Crippen LogP contribution in [0.25, 0.3) is 0 Å². The number of carbonyl (C=O) groups is 1. The molecule has 1 saturated heterocycles. The van der Waals surface area contributed by atoms with Crippen molar-refractivity contribution in [2.45, 2.75) is 51.7 Å². The molecule has 1 rings (SSSR count). The highest BCUT2D eigenvalue weighted by atomic mass is 16.5. The summed E-state index contributed by atoms with van der Waals surface area (Å²) in [6.07, 6.45) is 3.18. The van der Waals surface area contributed by atoms with E-state index < -0.39 is 5.54 Å². The molecule has 0 bridgehead atoms. The van der Waals surface area contributed by atoms with E-state index in [0.29, 0.717) is 12.0 Å². The van der Waals surface area contributed by atoms with Crippen LogP contribution in [0.3, 0.4) is 0 Å². The second kappa shape index (κ2) is 7.96. The number of carbonyl (C=O) groups excluding carboxylic acids is 1. The number of likely N-dealkylation sites (tertiary alicyclic amines) is 1. The van der Waals surface area contributed by atoms with E-state index in [0.717, 1.165) is 45.4 Å². The number of ether oxygens (including phenoxy) is 1.